The number of pyridine rings is 1. The predicted octanol–water partition coefficient (Wildman–Crippen LogP) is 3.86. The Bertz CT molecular complexity index is 915. The van der Waals surface area contributed by atoms with Gasteiger partial charge in [-0.05, 0) is 52.5 Å². The van der Waals surface area contributed by atoms with Gasteiger partial charge in [0.15, 0.2) is 0 Å². The number of halogens is 1. The van der Waals surface area contributed by atoms with E-state index >= 15 is 0 Å². The van der Waals surface area contributed by atoms with Crippen molar-refractivity contribution in [3.63, 3.8) is 0 Å². The van der Waals surface area contributed by atoms with E-state index in [4.69, 9.17) is 0 Å². The molecule has 0 aliphatic carbocycles. The number of rotatable bonds is 4. The maximum absolute atomic E-state index is 12.6. The molecule has 1 saturated heterocycles. The predicted molar refractivity (Wildman–Crippen MR) is 103 cm³/mol. The first-order valence-electron chi connectivity index (χ1n) is 8.46. The number of nitrogens with one attached hydrogen (secondary N) is 2. The fourth-order valence-corrected chi connectivity index (χ4v) is 3.85. The Balaban J connectivity index is 1.48. The number of fused-ring (bicyclic) bond motifs is 1. The van der Waals surface area contributed by atoms with Crippen LogP contribution in [-0.4, -0.2) is 29.0 Å². The highest BCUT2D eigenvalue weighted by Gasteiger charge is 2.16. The lowest BCUT2D eigenvalue weighted by Crippen LogP contribution is -2.24. The van der Waals surface area contributed by atoms with Gasteiger partial charge >= 0.3 is 0 Å². The molecule has 0 unspecified atom stereocenters. The topological polar surface area (TPSA) is 61.0 Å². The Morgan fingerprint density at radius 2 is 2.04 bits per heavy atom. The summed E-state index contributed by atoms with van der Waals surface area (Å²) >= 11 is 3.53. The molecule has 1 amide bonds. The van der Waals surface area contributed by atoms with Crippen molar-refractivity contribution in [1.82, 2.24) is 15.3 Å². The summed E-state index contributed by atoms with van der Waals surface area (Å²) in [5, 5.41) is 4.00. The van der Waals surface area contributed by atoms with Crippen LogP contribution in [0.4, 0.5) is 5.82 Å². The summed E-state index contributed by atoms with van der Waals surface area (Å²) in [6.45, 7) is 2.60. The van der Waals surface area contributed by atoms with E-state index in [0.717, 1.165) is 39.8 Å². The van der Waals surface area contributed by atoms with Gasteiger partial charge in [0.05, 0.1) is 4.47 Å². The highest BCUT2D eigenvalue weighted by atomic mass is 79.9. The number of H-pyrrole nitrogens is 1. The number of carbonyl (C=O) groups excluding carboxylic acids is 1. The van der Waals surface area contributed by atoms with Gasteiger partial charge in [-0.3, -0.25) is 4.79 Å². The van der Waals surface area contributed by atoms with Crippen molar-refractivity contribution in [2.75, 3.05) is 18.0 Å². The number of amides is 1. The lowest BCUT2D eigenvalue weighted by Gasteiger charge is -2.17. The van der Waals surface area contributed by atoms with Gasteiger partial charge in [0.1, 0.15) is 11.5 Å². The van der Waals surface area contributed by atoms with Crippen LogP contribution in [0.25, 0.3) is 10.9 Å². The molecule has 1 aliphatic rings. The van der Waals surface area contributed by atoms with E-state index in [1.807, 2.05) is 36.5 Å². The van der Waals surface area contributed by atoms with E-state index in [1.54, 1.807) is 0 Å². The second kappa shape index (κ2) is 6.88. The SMILES string of the molecule is O=C(NCc1ccnc(N2CCCC2)c1)c1[nH]c2ccccc2c1Br. The van der Waals surface area contributed by atoms with E-state index in [2.05, 4.69) is 42.2 Å². The van der Waals surface area contributed by atoms with Crippen molar-refractivity contribution in [2.24, 2.45) is 0 Å². The largest absolute Gasteiger partial charge is 0.357 e. The van der Waals surface area contributed by atoms with E-state index in [-0.39, 0.29) is 5.91 Å². The fraction of sp³-hybridized carbons (Fsp3) is 0.263. The van der Waals surface area contributed by atoms with Gasteiger partial charge < -0.3 is 15.2 Å². The normalized spacial score (nSPS) is 14.2. The Hall–Kier alpha value is -2.34. The van der Waals surface area contributed by atoms with Crippen LogP contribution in [-0.2, 0) is 6.54 Å². The summed E-state index contributed by atoms with van der Waals surface area (Å²) < 4.78 is 0.799. The van der Waals surface area contributed by atoms with Gasteiger partial charge in [0, 0.05) is 36.7 Å². The van der Waals surface area contributed by atoms with Crippen LogP contribution >= 0.6 is 15.9 Å². The zero-order valence-electron chi connectivity index (χ0n) is 13.8. The van der Waals surface area contributed by atoms with Gasteiger partial charge in [-0.15, -0.1) is 0 Å². The minimum atomic E-state index is -0.123. The fourth-order valence-electron chi connectivity index (χ4n) is 3.22. The van der Waals surface area contributed by atoms with Crippen LogP contribution in [0, 0.1) is 0 Å². The van der Waals surface area contributed by atoms with Crippen molar-refractivity contribution in [1.29, 1.82) is 0 Å². The highest BCUT2D eigenvalue weighted by molar-refractivity contribution is 9.10. The zero-order valence-corrected chi connectivity index (χ0v) is 15.3. The van der Waals surface area contributed by atoms with Crippen LogP contribution < -0.4 is 10.2 Å². The number of benzene rings is 1. The van der Waals surface area contributed by atoms with Crippen LogP contribution in [0.15, 0.2) is 47.1 Å². The Morgan fingerprint density at radius 1 is 1.24 bits per heavy atom. The van der Waals surface area contributed by atoms with Gasteiger partial charge in [0.25, 0.3) is 5.91 Å². The molecular formula is C19H19BrN4O. The minimum absolute atomic E-state index is 0.123. The quantitative estimate of drug-likeness (QED) is 0.701. The Labute approximate surface area is 154 Å². The molecule has 2 N–H and O–H groups in total. The average molecular weight is 399 g/mol. The highest BCUT2D eigenvalue weighted by Crippen LogP contribution is 2.27. The molecular weight excluding hydrogens is 380 g/mol. The molecule has 5 nitrogen and oxygen atoms in total. The van der Waals surface area contributed by atoms with Gasteiger partial charge in [-0.2, -0.15) is 0 Å². The van der Waals surface area contributed by atoms with Crippen molar-refractivity contribution < 1.29 is 4.79 Å². The number of anilines is 1. The second-order valence-electron chi connectivity index (χ2n) is 6.26. The molecule has 3 heterocycles. The number of nitrogens with zero attached hydrogens (tertiary/aromatic N) is 2. The molecule has 0 radical (unpaired) electrons. The summed E-state index contributed by atoms with van der Waals surface area (Å²) in [6.07, 6.45) is 4.25. The summed E-state index contributed by atoms with van der Waals surface area (Å²) in [6, 6.07) is 11.9. The summed E-state index contributed by atoms with van der Waals surface area (Å²) in [5.41, 5.74) is 2.55. The summed E-state index contributed by atoms with van der Waals surface area (Å²) in [4.78, 5) is 22.5. The molecule has 0 spiro atoms. The van der Waals surface area contributed by atoms with E-state index in [0.29, 0.717) is 12.2 Å². The van der Waals surface area contributed by atoms with E-state index < -0.39 is 0 Å². The first-order chi connectivity index (χ1) is 12.2. The standard InChI is InChI=1S/C19H19BrN4O/c20-17-14-5-1-2-6-15(14)23-18(17)19(25)22-12-13-7-8-21-16(11-13)24-9-3-4-10-24/h1-2,5-8,11,23H,3-4,9-10,12H2,(H,22,25). The number of para-hydroxylation sites is 1. The van der Waals surface area contributed by atoms with Crippen LogP contribution in [0.1, 0.15) is 28.9 Å². The molecule has 25 heavy (non-hydrogen) atoms. The van der Waals surface area contributed by atoms with E-state index in [1.165, 1.54) is 12.8 Å². The van der Waals surface area contributed by atoms with Crippen molar-refractivity contribution in [2.45, 2.75) is 19.4 Å². The Morgan fingerprint density at radius 3 is 2.84 bits per heavy atom. The van der Waals surface area contributed by atoms with Crippen molar-refractivity contribution in [3.05, 3.63) is 58.3 Å². The molecule has 3 aromatic rings. The monoisotopic (exact) mass is 398 g/mol. The number of hydrogen-bond acceptors (Lipinski definition) is 3. The molecule has 1 aromatic carbocycles. The third kappa shape index (κ3) is 3.26. The Kier molecular flexibility index (Phi) is 4.44. The van der Waals surface area contributed by atoms with Crippen LogP contribution in [0.3, 0.4) is 0 Å². The minimum Gasteiger partial charge on any atom is -0.357 e. The summed E-state index contributed by atoms with van der Waals surface area (Å²) in [5.74, 6) is 0.874. The molecule has 0 atom stereocenters. The molecule has 128 valence electrons. The number of hydrogen-bond donors (Lipinski definition) is 2. The molecule has 2 aromatic heterocycles. The molecule has 0 bridgehead atoms. The number of carbonyl (C=O) groups is 1. The molecule has 1 fully saturated rings. The van der Waals surface area contributed by atoms with Crippen molar-refractivity contribution in [3.8, 4) is 0 Å². The van der Waals surface area contributed by atoms with Crippen molar-refractivity contribution >= 4 is 38.6 Å². The molecule has 1 aliphatic heterocycles. The maximum atomic E-state index is 12.6. The van der Waals surface area contributed by atoms with Gasteiger partial charge in [-0.25, -0.2) is 4.98 Å². The number of aromatic amines is 1. The average Bonchev–Trinajstić information content (AvgIpc) is 3.29. The van der Waals surface area contributed by atoms with Gasteiger partial charge in [0.2, 0.25) is 0 Å². The smallest absolute Gasteiger partial charge is 0.269 e. The zero-order chi connectivity index (χ0) is 17.2. The molecule has 4 rings (SSSR count). The molecule has 6 heteroatoms. The van der Waals surface area contributed by atoms with Crippen LogP contribution in [0.5, 0.6) is 0 Å². The second-order valence-corrected chi connectivity index (χ2v) is 7.05. The van der Waals surface area contributed by atoms with Gasteiger partial charge in [-0.1, -0.05) is 18.2 Å². The lowest BCUT2D eigenvalue weighted by molar-refractivity contribution is 0.0946. The van der Waals surface area contributed by atoms with Crippen LogP contribution in [0.2, 0.25) is 0 Å². The maximum Gasteiger partial charge on any atom is 0.269 e. The number of aromatic nitrogens is 2. The third-order valence-electron chi connectivity index (χ3n) is 4.56. The van der Waals surface area contributed by atoms with E-state index in [9.17, 15) is 4.79 Å². The molecule has 0 saturated carbocycles. The first-order valence-corrected chi connectivity index (χ1v) is 9.26. The lowest BCUT2D eigenvalue weighted by atomic mass is 10.2. The first kappa shape index (κ1) is 16.1. The summed E-state index contributed by atoms with van der Waals surface area (Å²) in [7, 11) is 0. The third-order valence-corrected chi connectivity index (χ3v) is 5.39.